The Kier molecular flexibility index (Phi) is 5.15. The van der Waals surface area contributed by atoms with Crippen LogP contribution in [-0.4, -0.2) is 36.3 Å². The molecule has 0 aliphatic carbocycles. The minimum atomic E-state index is -0.298. The van der Waals surface area contributed by atoms with E-state index in [1.54, 1.807) is 22.0 Å². The largest absolute Gasteiger partial charge is 0.335 e. The van der Waals surface area contributed by atoms with Gasteiger partial charge < -0.3 is 9.80 Å². The number of benzene rings is 1. The highest BCUT2D eigenvalue weighted by Crippen LogP contribution is 2.26. The average molecular weight is 298 g/mol. The van der Waals surface area contributed by atoms with E-state index in [0.717, 1.165) is 11.3 Å². The molecular formula is C18H22N2O2. The zero-order chi connectivity index (χ0) is 16.1. The van der Waals surface area contributed by atoms with E-state index in [-0.39, 0.29) is 24.2 Å². The third-order valence-electron chi connectivity index (χ3n) is 3.80. The molecule has 0 bridgehead atoms. The molecule has 4 nitrogen and oxygen atoms in total. The van der Waals surface area contributed by atoms with Crippen LogP contribution in [0.1, 0.15) is 12.0 Å². The summed E-state index contributed by atoms with van der Waals surface area (Å²) < 4.78 is 0. The molecule has 2 rings (SSSR count). The number of anilines is 1. The maximum Gasteiger partial charge on any atom is 0.228 e. The van der Waals surface area contributed by atoms with E-state index in [2.05, 4.69) is 13.2 Å². The third-order valence-corrected chi connectivity index (χ3v) is 3.80. The third kappa shape index (κ3) is 3.45. The zero-order valence-corrected chi connectivity index (χ0v) is 13.0. The monoisotopic (exact) mass is 298 g/mol. The van der Waals surface area contributed by atoms with Crippen molar-refractivity contribution >= 4 is 17.5 Å². The van der Waals surface area contributed by atoms with Gasteiger partial charge in [-0.15, -0.1) is 13.2 Å². The van der Waals surface area contributed by atoms with Crippen LogP contribution in [0.25, 0.3) is 0 Å². The number of amides is 2. The van der Waals surface area contributed by atoms with Crippen molar-refractivity contribution < 1.29 is 9.59 Å². The predicted octanol–water partition coefficient (Wildman–Crippen LogP) is 2.55. The molecule has 0 unspecified atom stereocenters. The van der Waals surface area contributed by atoms with Crippen molar-refractivity contribution in [1.29, 1.82) is 0 Å². The smallest absolute Gasteiger partial charge is 0.228 e. The van der Waals surface area contributed by atoms with Gasteiger partial charge in [0.2, 0.25) is 11.8 Å². The molecule has 1 heterocycles. The maximum atomic E-state index is 12.6. The van der Waals surface area contributed by atoms with Crippen molar-refractivity contribution in [3.8, 4) is 0 Å². The SMILES string of the molecule is C=CCN(CC=C)C(=O)[C@H]1CC(=O)N(c2cccc(C)c2)C1. The van der Waals surface area contributed by atoms with Crippen LogP contribution in [0.3, 0.4) is 0 Å². The van der Waals surface area contributed by atoms with Crippen LogP contribution in [0.2, 0.25) is 0 Å². The molecule has 1 aromatic rings. The van der Waals surface area contributed by atoms with Gasteiger partial charge in [-0.2, -0.15) is 0 Å². The van der Waals surface area contributed by atoms with Gasteiger partial charge in [-0.1, -0.05) is 24.3 Å². The molecule has 1 aromatic carbocycles. The van der Waals surface area contributed by atoms with E-state index in [1.807, 2.05) is 31.2 Å². The highest BCUT2D eigenvalue weighted by molar-refractivity contribution is 6.00. The second-order valence-electron chi connectivity index (χ2n) is 5.56. The van der Waals surface area contributed by atoms with Crippen molar-refractivity contribution in [3.63, 3.8) is 0 Å². The molecule has 1 aliphatic heterocycles. The van der Waals surface area contributed by atoms with Gasteiger partial charge in [-0.05, 0) is 24.6 Å². The van der Waals surface area contributed by atoms with Gasteiger partial charge in [0.25, 0.3) is 0 Å². The Labute approximate surface area is 131 Å². The van der Waals surface area contributed by atoms with Crippen molar-refractivity contribution in [2.75, 3.05) is 24.5 Å². The Hall–Kier alpha value is -2.36. The summed E-state index contributed by atoms with van der Waals surface area (Å²) in [5, 5.41) is 0. The van der Waals surface area contributed by atoms with Crippen LogP contribution < -0.4 is 4.90 Å². The zero-order valence-electron chi connectivity index (χ0n) is 13.0. The maximum absolute atomic E-state index is 12.6. The summed E-state index contributed by atoms with van der Waals surface area (Å²) >= 11 is 0. The summed E-state index contributed by atoms with van der Waals surface area (Å²) in [5.41, 5.74) is 1.96. The van der Waals surface area contributed by atoms with E-state index in [4.69, 9.17) is 0 Å². The second kappa shape index (κ2) is 7.07. The number of hydrogen-bond donors (Lipinski definition) is 0. The fourth-order valence-electron chi connectivity index (χ4n) is 2.74. The molecule has 1 saturated heterocycles. The standard InChI is InChI=1S/C18H22N2O2/c1-4-9-19(10-5-2)18(22)15-12-17(21)20(13-15)16-8-6-7-14(3)11-16/h4-8,11,15H,1-2,9-10,12-13H2,3H3/t15-/m0/s1. The van der Waals surface area contributed by atoms with Crippen molar-refractivity contribution in [3.05, 3.63) is 55.1 Å². The van der Waals surface area contributed by atoms with E-state index in [0.29, 0.717) is 19.6 Å². The predicted molar refractivity (Wildman–Crippen MR) is 88.6 cm³/mol. The molecule has 0 spiro atoms. The lowest BCUT2D eigenvalue weighted by atomic mass is 10.1. The normalized spacial score (nSPS) is 17.4. The number of hydrogen-bond acceptors (Lipinski definition) is 2. The van der Waals surface area contributed by atoms with Crippen LogP contribution in [0.4, 0.5) is 5.69 Å². The Bertz CT molecular complexity index is 585. The first-order chi connectivity index (χ1) is 10.6. The minimum Gasteiger partial charge on any atom is -0.335 e. The summed E-state index contributed by atoms with van der Waals surface area (Å²) in [4.78, 5) is 28.2. The Morgan fingerprint density at radius 3 is 2.64 bits per heavy atom. The molecule has 1 fully saturated rings. The summed E-state index contributed by atoms with van der Waals surface area (Å²) in [6, 6.07) is 7.79. The topological polar surface area (TPSA) is 40.6 Å². The lowest BCUT2D eigenvalue weighted by Gasteiger charge is -2.23. The Morgan fingerprint density at radius 1 is 1.36 bits per heavy atom. The number of carbonyl (C=O) groups excluding carboxylic acids is 2. The molecule has 0 N–H and O–H groups in total. The molecule has 4 heteroatoms. The number of nitrogens with zero attached hydrogens (tertiary/aromatic N) is 2. The quantitative estimate of drug-likeness (QED) is 0.757. The molecule has 22 heavy (non-hydrogen) atoms. The van der Waals surface area contributed by atoms with E-state index in [1.165, 1.54) is 0 Å². The first-order valence-electron chi connectivity index (χ1n) is 7.44. The van der Waals surface area contributed by atoms with E-state index < -0.39 is 0 Å². The lowest BCUT2D eigenvalue weighted by Crippen LogP contribution is -2.37. The lowest BCUT2D eigenvalue weighted by molar-refractivity contribution is -0.134. The summed E-state index contributed by atoms with van der Waals surface area (Å²) in [6.45, 7) is 10.7. The van der Waals surface area contributed by atoms with Gasteiger partial charge in [0.05, 0.1) is 5.92 Å². The molecule has 1 atom stereocenters. The van der Waals surface area contributed by atoms with Crippen molar-refractivity contribution in [2.45, 2.75) is 13.3 Å². The van der Waals surface area contributed by atoms with Gasteiger partial charge in [0.1, 0.15) is 0 Å². The van der Waals surface area contributed by atoms with Crippen LogP contribution in [0.15, 0.2) is 49.6 Å². The van der Waals surface area contributed by atoms with Gasteiger partial charge in [-0.3, -0.25) is 9.59 Å². The van der Waals surface area contributed by atoms with Crippen LogP contribution >= 0.6 is 0 Å². The fraction of sp³-hybridized carbons (Fsp3) is 0.333. The van der Waals surface area contributed by atoms with Crippen LogP contribution in [0.5, 0.6) is 0 Å². The van der Waals surface area contributed by atoms with Crippen molar-refractivity contribution in [2.24, 2.45) is 5.92 Å². The first-order valence-corrected chi connectivity index (χ1v) is 7.44. The fourth-order valence-corrected chi connectivity index (χ4v) is 2.74. The van der Waals surface area contributed by atoms with Gasteiger partial charge in [-0.25, -0.2) is 0 Å². The molecule has 0 saturated carbocycles. The summed E-state index contributed by atoms with van der Waals surface area (Å²) in [7, 11) is 0. The molecule has 116 valence electrons. The highest BCUT2D eigenvalue weighted by Gasteiger charge is 2.36. The highest BCUT2D eigenvalue weighted by atomic mass is 16.2. The van der Waals surface area contributed by atoms with Crippen LogP contribution in [-0.2, 0) is 9.59 Å². The first kappa shape index (κ1) is 16.0. The van der Waals surface area contributed by atoms with Gasteiger partial charge in [0.15, 0.2) is 0 Å². The Morgan fingerprint density at radius 2 is 2.05 bits per heavy atom. The molecule has 0 radical (unpaired) electrons. The minimum absolute atomic E-state index is 0.00102. The number of carbonyl (C=O) groups is 2. The van der Waals surface area contributed by atoms with Gasteiger partial charge >= 0.3 is 0 Å². The number of aryl methyl sites for hydroxylation is 1. The van der Waals surface area contributed by atoms with E-state index >= 15 is 0 Å². The molecule has 2 amide bonds. The van der Waals surface area contributed by atoms with E-state index in [9.17, 15) is 9.59 Å². The molecule has 0 aromatic heterocycles. The summed E-state index contributed by atoms with van der Waals surface area (Å²) in [6.07, 6.45) is 3.64. The molecule has 1 aliphatic rings. The average Bonchev–Trinajstić information content (AvgIpc) is 2.88. The Balaban J connectivity index is 2.12. The molecular weight excluding hydrogens is 276 g/mol. The second-order valence-corrected chi connectivity index (χ2v) is 5.56. The summed E-state index contributed by atoms with van der Waals surface area (Å²) in [5.74, 6) is -0.308. The van der Waals surface area contributed by atoms with Gasteiger partial charge in [0, 0.05) is 31.7 Å². The number of rotatable bonds is 6. The van der Waals surface area contributed by atoms with Crippen LogP contribution in [0, 0.1) is 12.8 Å². The van der Waals surface area contributed by atoms with Crippen molar-refractivity contribution in [1.82, 2.24) is 4.90 Å².